The minimum atomic E-state index is -0.843. The van der Waals surface area contributed by atoms with Gasteiger partial charge in [-0.3, -0.25) is 9.59 Å². The van der Waals surface area contributed by atoms with Crippen LogP contribution in [0.2, 0.25) is 0 Å². The number of aliphatic hydroxyl groups excluding tert-OH is 2. The van der Waals surface area contributed by atoms with Gasteiger partial charge in [0.15, 0.2) is 0 Å². The third-order valence-corrected chi connectivity index (χ3v) is 16.5. The van der Waals surface area contributed by atoms with Crippen molar-refractivity contribution in [3.63, 3.8) is 0 Å². The van der Waals surface area contributed by atoms with E-state index in [0.29, 0.717) is 19.4 Å². The van der Waals surface area contributed by atoms with Crippen molar-refractivity contribution in [3.8, 4) is 0 Å². The second-order valence-electron chi connectivity index (χ2n) is 24.2. The predicted molar refractivity (Wildman–Crippen MR) is 338 cm³/mol. The van der Waals surface area contributed by atoms with Crippen LogP contribution in [0.15, 0.2) is 24.3 Å². The Bertz CT molecular complexity index is 1200. The summed E-state index contributed by atoms with van der Waals surface area (Å²) >= 11 is 0. The zero-order chi connectivity index (χ0) is 55.7. The van der Waals surface area contributed by atoms with Gasteiger partial charge in [0.25, 0.3) is 0 Å². The Balaban J connectivity index is 3.38. The molecule has 6 nitrogen and oxygen atoms in total. The lowest BCUT2D eigenvalue weighted by atomic mass is 10.0. The highest BCUT2D eigenvalue weighted by molar-refractivity contribution is 5.76. The molecule has 0 bridgehead atoms. The smallest absolute Gasteiger partial charge is 0.305 e. The number of carbonyl (C=O) groups excluding carboxylic acids is 2. The quantitative estimate of drug-likeness (QED) is 0.0320. The van der Waals surface area contributed by atoms with E-state index in [1.54, 1.807) is 6.08 Å². The molecule has 456 valence electrons. The second kappa shape index (κ2) is 66.8. The maximum atomic E-state index is 12.5. The Hall–Kier alpha value is -1.66. The Morgan fingerprint density at radius 1 is 0.351 bits per heavy atom. The number of allylic oxidation sites excluding steroid dienone is 3. The molecule has 0 aliphatic carbocycles. The lowest BCUT2D eigenvalue weighted by molar-refractivity contribution is -0.143. The number of ether oxygens (including phenoxy) is 1. The molecule has 0 aromatic rings. The third-order valence-electron chi connectivity index (χ3n) is 16.5. The number of carbonyl (C=O) groups is 2. The number of aliphatic hydroxyl groups is 2. The van der Waals surface area contributed by atoms with Crippen LogP contribution in [-0.2, 0) is 14.3 Å². The SMILES string of the molecule is CCCCCCCCCCCCCCCCC/C=C/C(O)C(CO)NC(=O)CCCCCCCCCCCCCCCC/C=C\CCCCCCCCCCCCCCOC(=O)CCCCCCCCCCCCCCC. The monoisotopic (exact) mass is 1080 g/mol. The highest BCUT2D eigenvalue weighted by Gasteiger charge is 2.18. The van der Waals surface area contributed by atoms with Gasteiger partial charge in [0, 0.05) is 12.8 Å². The van der Waals surface area contributed by atoms with Crippen LogP contribution in [-0.4, -0.2) is 47.4 Å². The van der Waals surface area contributed by atoms with Gasteiger partial charge in [-0.05, 0) is 57.8 Å². The predicted octanol–water partition coefficient (Wildman–Crippen LogP) is 22.5. The standard InChI is InChI=1S/C71H137NO5/c1-3-5-7-9-11-13-15-17-18-33-36-40-43-47-51-55-59-63-69(74)68(67-73)72-70(75)64-60-56-52-48-44-41-37-34-31-29-27-25-23-21-19-20-22-24-26-28-30-32-35-38-42-46-50-54-58-62-66-77-71(76)65-61-57-53-49-45-39-16-14-12-10-8-6-4-2/h20,22,59,63,68-69,73-74H,3-19,21,23-58,60-62,64-67H2,1-2H3,(H,72,75)/b22-20-,63-59+. The Morgan fingerprint density at radius 3 is 0.922 bits per heavy atom. The maximum absolute atomic E-state index is 12.5. The highest BCUT2D eigenvalue weighted by atomic mass is 16.5. The summed E-state index contributed by atoms with van der Waals surface area (Å²) in [5.74, 6) is -0.0444. The average molecular weight is 1080 g/mol. The number of rotatable bonds is 66. The third kappa shape index (κ3) is 63.4. The summed E-state index contributed by atoms with van der Waals surface area (Å²) in [7, 11) is 0. The van der Waals surface area contributed by atoms with Gasteiger partial charge in [0.2, 0.25) is 5.91 Å². The molecule has 3 N–H and O–H groups in total. The van der Waals surface area contributed by atoms with E-state index < -0.39 is 12.1 Å². The average Bonchev–Trinajstić information content (AvgIpc) is 3.43. The molecule has 0 aromatic carbocycles. The molecule has 77 heavy (non-hydrogen) atoms. The van der Waals surface area contributed by atoms with Gasteiger partial charge in [-0.25, -0.2) is 0 Å². The first-order chi connectivity index (χ1) is 38.0. The van der Waals surface area contributed by atoms with Crippen LogP contribution >= 0.6 is 0 Å². The van der Waals surface area contributed by atoms with E-state index in [1.165, 1.54) is 327 Å². The normalized spacial score (nSPS) is 12.6. The van der Waals surface area contributed by atoms with Crippen molar-refractivity contribution in [1.29, 1.82) is 0 Å². The molecule has 0 saturated heterocycles. The Labute approximate surface area is 481 Å². The van der Waals surface area contributed by atoms with E-state index in [-0.39, 0.29) is 18.5 Å². The summed E-state index contributed by atoms with van der Waals surface area (Å²) in [5.41, 5.74) is 0. The largest absolute Gasteiger partial charge is 0.466 e. The Kier molecular flexibility index (Phi) is 65.4. The van der Waals surface area contributed by atoms with Crippen LogP contribution in [0.5, 0.6) is 0 Å². The molecular weight excluding hydrogens is 947 g/mol. The van der Waals surface area contributed by atoms with Gasteiger partial charge in [0.05, 0.1) is 25.4 Å². The number of amides is 1. The van der Waals surface area contributed by atoms with Crippen molar-refractivity contribution in [2.75, 3.05) is 13.2 Å². The number of hydrogen-bond donors (Lipinski definition) is 3. The van der Waals surface area contributed by atoms with E-state index >= 15 is 0 Å². The first-order valence-electron chi connectivity index (χ1n) is 35.1. The van der Waals surface area contributed by atoms with E-state index in [2.05, 4.69) is 31.3 Å². The summed E-state index contributed by atoms with van der Waals surface area (Å²) in [5, 5.41) is 23.2. The van der Waals surface area contributed by atoms with Crippen molar-refractivity contribution in [1.82, 2.24) is 5.32 Å². The molecule has 1 amide bonds. The molecule has 0 aliphatic heterocycles. The number of unbranched alkanes of at least 4 members (excludes halogenated alkanes) is 53. The van der Waals surface area contributed by atoms with Gasteiger partial charge in [0.1, 0.15) is 0 Å². The zero-order valence-corrected chi connectivity index (χ0v) is 52.2. The zero-order valence-electron chi connectivity index (χ0n) is 52.2. The van der Waals surface area contributed by atoms with Crippen LogP contribution in [0.3, 0.4) is 0 Å². The fourth-order valence-electron chi connectivity index (χ4n) is 11.1. The summed E-state index contributed by atoms with van der Waals surface area (Å²) < 4.78 is 5.49. The highest BCUT2D eigenvalue weighted by Crippen LogP contribution is 2.18. The molecule has 0 aromatic heterocycles. The van der Waals surface area contributed by atoms with Crippen molar-refractivity contribution in [2.45, 2.75) is 405 Å². The molecule has 0 spiro atoms. The molecule has 0 saturated carbocycles. The molecule has 6 heteroatoms. The summed E-state index contributed by atoms with van der Waals surface area (Å²) in [6, 6.07) is -0.627. The number of hydrogen-bond acceptors (Lipinski definition) is 5. The second-order valence-corrected chi connectivity index (χ2v) is 24.2. The summed E-state index contributed by atoms with van der Waals surface area (Å²) in [6.07, 6.45) is 84.0. The van der Waals surface area contributed by atoms with Crippen LogP contribution < -0.4 is 5.32 Å². The van der Waals surface area contributed by atoms with Gasteiger partial charge < -0.3 is 20.3 Å². The van der Waals surface area contributed by atoms with Gasteiger partial charge in [-0.2, -0.15) is 0 Å². The topological polar surface area (TPSA) is 95.9 Å². The lowest BCUT2D eigenvalue weighted by Gasteiger charge is -2.20. The van der Waals surface area contributed by atoms with E-state index in [0.717, 1.165) is 38.5 Å². The lowest BCUT2D eigenvalue weighted by Crippen LogP contribution is -2.45. The number of nitrogens with one attached hydrogen (secondary N) is 1. The van der Waals surface area contributed by atoms with Gasteiger partial charge >= 0.3 is 5.97 Å². The van der Waals surface area contributed by atoms with Crippen LogP contribution in [0.1, 0.15) is 393 Å². The maximum Gasteiger partial charge on any atom is 0.305 e. The first-order valence-corrected chi connectivity index (χ1v) is 35.1. The van der Waals surface area contributed by atoms with E-state index in [9.17, 15) is 19.8 Å². The van der Waals surface area contributed by atoms with Crippen LogP contribution in [0, 0.1) is 0 Å². The van der Waals surface area contributed by atoms with Crippen molar-refractivity contribution >= 4 is 11.9 Å². The molecule has 2 unspecified atom stereocenters. The molecular formula is C71H137NO5. The van der Waals surface area contributed by atoms with Crippen LogP contribution in [0.25, 0.3) is 0 Å². The van der Waals surface area contributed by atoms with Gasteiger partial charge in [-0.15, -0.1) is 0 Å². The summed E-state index contributed by atoms with van der Waals surface area (Å²) in [4.78, 5) is 24.5. The van der Waals surface area contributed by atoms with Crippen molar-refractivity contribution < 1.29 is 24.5 Å². The molecule has 0 aliphatic rings. The summed E-state index contributed by atoms with van der Waals surface area (Å²) in [6.45, 7) is 4.94. The van der Waals surface area contributed by atoms with Crippen molar-refractivity contribution in [3.05, 3.63) is 24.3 Å². The van der Waals surface area contributed by atoms with E-state index in [4.69, 9.17) is 4.74 Å². The molecule has 0 fully saturated rings. The molecule has 0 heterocycles. The van der Waals surface area contributed by atoms with Crippen molar-refractivity contribution in [2.24, 2.45) is 0 Å². The van der Waals surface area contributed by atoms with Crippen LogP contribution in [0.4, 0.5) is 0 Å². The molecule has 2 atom stereocenters. The molecule has 0 rings (SSSR count). The fourth-order valence-corrected chi connectivity index (χ4v) is 11.1. The Morgan fingerprint density at radius 2 is 0.610 bits per heavy atom. The number of esters is 1. The molecule has 0 radical (unpaired) electrons. The first kappa shape index (κ1) is 75.3. The fraction of sp³-hybridized carbons (Fsp3) is 0.915. The van der Waals surface area contributed by atoms with E-state index in [1.807, 2.05) is 6.08 Å². The van der Waals surface area contributed by atoms with Gasteiger partial charge in [-0.1, -0.05) is 346 Å². The minimum absolute atomic E-state index is 0.0189. The minimum Gasteiger partial charge on any atom is -0.466 e.